The van der Waals surface area contributed by atoms with Gasteiger partial charge in [-0.25, -0.2) is 13.8 Å². The highest BCUT2D eigenvalue weighted by atomic mass is 19.1. The van der Waals surface area contributed by atoms with Crippen molar-refractivity contribution in [3.63, 3.8) is 0 Å². The number of imidazole rings is 1. The zero-order valence-corrected chi connectivity index (χ0v) is 10.4. The van der Waals surface area contributed by atoms with Gasteiger partial charge in [-0.1, -0.05) is 0 Å². The number of aromatic nitrogens is 2. The summed E-state index contributed by atoms with van der Waals surface area (Å²) >= 11 is 0. The molecule has 2 heterocycles. The minimum Gasteiger partial charge on any atom is -0.329 e. The van der Waals surface area contributed by atoms with Crippen LogP contribution in [-0.4, -0.2) is 16.1 Å². The topological polar surface area (TPSA) is 29.9 Å². The van der Waals surface area contributed by atoms with Gasteiger partial charge in [0.15, 0.2) is 0 Å². The Morgan fingerprint density at radius 1 is 1.37 bits per heavy atom. The Bertz CT molecular complexity index is 574. The van der Waals surface area contributed by atoms with Crippen LogP contribution in [-0.2, 0) is 6.54 Å². The predicted molar refractivity (Wildman–Crippen MR) is 67.7 cm³/mol. The zero-order valence-electron chi connectivity index (χ0n) is 10.4. The van der Waals surface area contributed by atoms with E-state index in [1.54, 1.807) is 12.5 Å². The van der Waals surface area contributed by atoms with Crippen LogP contribution in [0, 0.1) is 11.6 Å². The molecule has 0 aliphatic carbocycles. The summed E-state index contributed by atoms with van der Waals surface area (Å²) in [6, 6.07) is 3.79. The van der Waals surface area contributed by atoms with Gasteiger partial charge in [-0.3, -0.25) is 0 Å². The van der Waals surface area contributed by atoms with Crippen molar-refractivity contribution in [1.82, 2.24) is 14.9 Å². The van der Waals surface area contributed by atoms with Gasteiger partial charge in [0, 0.05) is 17.8 Å². The van der Waals surface area contributed by atoms with Crippen LogP contribution in [0.5, 0.6) is 0 Å². The van der Waals surface area contributed by atoms with E-state index in [4.69, 9.17) is 0 Å². The van der Waals surface area contributed by atoms with Crippen LogP contribution in [0.2, 0.25) is 0 Å². The second-order valence-corrected chi connectivity index (χ2v) is 4.83. The second kappa shape index (κ2) is 5.09. The Morgan fingerprint density at radius 2 is 2.26 bits per heavy atom. The fourth-order valence-corrected chi connectivity index (χ4v) is 2.54. The SMILES string of the molecule is Fc1ccc(F)c(Cn2cncc2[C@@H]2CCCN2)c1. The Labute approximate surface area is 110 Å². The molecule has 2 aromatic rings. The normalized spacial score (nSPS) is 18.9. The van der Waals surface area contributed by atoms with Crippen molar-refractivity contribution in [2.24, 2.45) is 0 Å². The van der Waals surface area contributed by atoms with Crippen LogP contribution < -0.4 is 5.32 Å². The highest BCUT2D eigenvalue weighted by Gasteiger charge is 2.20. The molecule has 1 aliphatic rings. The lowest BCUT2D eigenvalue weighted by molar-refractivity contribution is 0.555. The Morgan fingerprint density at radius 3 is 3.05 bits per heavy atom. The van der Waals surface area contributed by atoms with Crippen LogP contribution in [0.25, 0.3) is 0 Å². The number of rotatable bonds is 3. The fourth-order valence-electron chi connectivity index (χ4n) is 2.54. The molecule has 1 fully saturated rings. The van der Waals surface area contributed by atoms with E-state index < -0.39 is 5.82 Å². The molecule has 19 heavy (non-hydrogen) atoms. The highest BCUT2D eigenvalue weighted by molar-refractivity contribution is 5.20. The average Bonchev–Trinajstić information content (AvgIpc) is 3.03. The molecular formula is C14H15F2N3. The van der Waals surface area contributed by atoms with Gasteiger partial charge in [-0.05, 0) is 37.6 Å². The van der Waals surface area contributed by atoms with E-state index >= 15 is 0 Å². The summed E-state index contributed by atoms with van der Waals surface area (Å²) in [7, 11) is 0. The third kappa shape index (κ3) is 2.51. The van der Waals surface area contributed by atoms with Crippen LogP contribution in [0.4, 0.5) is 8.78 Å². The van der Waals surface area contributed by atoms with Crippen molar-refractivity contribution in [2.75, 3.05) is 6.54 Å². The summed E-state index contributed by atoms with van der Waals surface area (Å²) < 4.78 is 28.7. The maximum absolute atomic E-state index is 13.7. The van der Waals surface area contributed by atoms with Crippen LogP contribution in [0.3, 0.4) is 0 Å². The van der Waals surface area contributed by atoms with Gasteiger partial charge in [0.05, 0.1) is 18.6 Å². The minimum absolute atomic E-state index is 0.263. The average molecular weight is 263 g/mol. The van der Waals surface area contributed by atoms with Crippen molar-refractivity contribution >= 4 is 0 Å². The first-order valence-electron chi connectivity index (χ1n) is 6.41. The van der Waals surface area contributed by atoms with Crippen molar-refractivity contribution < 1.29 is 8.78 Å². The Balaban J connectivity index is 1.87. The van der Waals surface area contributed by atoms with E-state index in [0.29, 0.717) is 12.1 Å². The summed E-state index contributed by atoms with van der Waals surface area (Å²) in [5.74, 6) is -0.808. The lowest BCUT2D eigenvalue weighted by atomic mass is 10.1. The molecule has 0 spiro atoms. The maximum Gasteiger partial charge on any atom is 0.128 e. The molecule has 1 aromatic carbocycles. The van der Waals surface area contributed by atoms with Crippen LogP contribution in [0.15, 0.2) is 30.7 Å². The first-order chi connectivity index (χ1) is 9.24. The van der Waals surface area contributed by atoms with Crippen LogP contribution in [0.1, 0.15) is 30.1 Å². The Hall–Kier alpha value is -1.75. The van der Waals surface area contributed by atoms with Gasteiger partial charge in [0.25, 0.3) is 0 Å². The van der Waals surface area contributed by atoms with Crippen molar-refractivity contribution in [1.29, 1.82) is 0 Å². The largest absolute Gasteiger partial charge is 0.329 e. The number of hydrogen-bond acceptors (Lipinski definition) is 2. The van der Waals surface area contributed by atoms with Gasteiger partial charge in [0.1, 0.15) is 11.6 Å². The molecule has 1 aliphatic heterocycles. The van der Waals surface area contributed by atoms with E-state index in [9.17, 15) is 8.78 Å². The molecular weight excluding hydrogens is 248 g/mol. The predicted octanol–water partition coefficient (Wildman–Crippen LogP) is 2.63. The monoisotopic (exact) mass is 263 g/mol. The lowest BCUT2D eigenvalue weighted by Crippen LogP contribution is -2.17. The third-order valence-corrected chi connectivity index (χ3v) is 3.51. The number of nitrogens with zero attached hydrogens (tertiary/aromatic N) is 2. The van der Waals surface area contributed by atoms with Gasteiger partial charge >= 0.3 is 0 Å². The standard InChI is InChI=1S/C14H15F2N3/c15-11-3-4-12(16)10(6-11)8-19-9-17-7-14(19)13-2-1-5-18-13/h3-4,6-7,9,13,18H,1-2,5,8H2/t13-/m0/s1. The summed E-state index contributed by atoms with van der Waals surface area (Å²) in [5, 5.41) is 3.38. The molecule has 0 unspecified atom stereocenters. The molecule has 1 saturated heterocycles. The molecule has 100 valence electrons. The highest BCUT2D eigenvalue weighted by Crippen LogP contribution is 2.23. The fraction of sp³-hybridized carbons (Fsp3) is 0.357. The maximum atomic E-state index is 13.7. The smallest absolute Gasteiger partial charge is 0.128 e. The van der Waals surface area contributed by atoms with Gasteiger partial charge in [0.2, 0.25) is 0 Å². The molecule has 0 amide bonds. The summed E-state index contributed by atoms with van der Waals surface area (Å²) in [4.78, 5) is 4.12. The van der Waals surface area contributed by atoms with E-state index in [1.165, 1.54) is 6.07 Å². The van der Waals surface area contributed by atoms with Gasteiger partial charge < -0.3 is 9.88 Å². The lowest BCUT2D eigenvalue weighted by Gasteiger charge is -2.14. The molecule has 3 nitrogen and oxygen atoms in total. The van der Waals surface area contributed by atoms with Crippen molar-refractivity contribution in [3.05, 3.63) is 53.6 Å². The zero-order chi connectivity index (χ0) is 13.2. The first kappa shape index (κ1) is 12.3. The van der Waals surface area contributed by atoms with E-state index in [2.05, 4.69) is 10.3 Å². The molecule has 1 N–H and O–H groups in total. The van der Waals surface area contributed by atoms with Gasteiger partial charge in [-0.2, -0.15) is 0 Å². The molecule has 3 rings (SSSR count). The molecule has 1 aromatic heterocycles. The molecule has 1 atom stereocenters. The molecule has 0 bridgehead atoms. The number of halogens is 2. The Kier molecular flexibility index (Phi) is 3.29. The van der Waals surface area contributed by atoms with Crippen molar-refractivity contribution in [2.45, 2.75) is 25.4 Å². The molecule has 0 saturated carbocycles. The second-order valence-electron chi connectivity index (χ2n) is 4.83. The summed E-state index contributed by atoms with van der Waals surface area (Å²) in [6.07, 6.45) is 5.64. The number of nitrogens with one attached hydrogen (secondary N) is 1. The van der Waals surface area contributed by atoms with Crippen molar-refractivity contribution in [3.8, 4) is 0 Å². The first-order valence-corrected chi connectivity index (χ1v) is 6.41. The van der Waals surface area contributed by atoms with E-state index in [1.807, 2.05) is 4.57 Å². The van der Waals surface area contributed by atoms with Crippen LogP contribution >= 0.6 is 0 Å². The van der Waals surface area contributed by atoms with E-state index in [-0.39, 0.29) is 11.9 Å². The third-order valence-electron chi connectivity index (χ3n) is 3.51. The molecule has 0 radical (unpaired) electrons. The number of hydrogen-bond donors (Lipinski definition) is 1. The number of benzene rings is 1. The summed E-state index contributed by atoms with van der Waals surface area (Å²) in [5.41, 5.74) is 1.37. The van der Waals surface area contributed by atoms with Gasteiger partial charge in [-0.15, -0.1) is 0 Å². The van der Waals surface area contributed by atoms with E-state index in [0.717, 1.165) is 37.2 Å². The minimum atomic E-state index is -0.419. The molecule has 5 heteroatoms. The quantitative estimate of drug-likeness (QED) is 0.922. The summed E-state index contributed by atoms with van der Waals surface area (Å²) in [6.45, 7) is 1.29.